The first-order valence-corrected chi connectivity index (χ1v) is 8.55. The van der Waals surface area contributed by atoms with Crippen LogP contribution in [0.4, 0.5) is 0 Å². The fourth-order valence-electron chi connectivity index (χ4n) is 4.00. The van der Waals surface area contributed by atoms with E-state index in [9.17, 15) is 0 Å². The zero-order chi connectivity index (χ0) is 14.5. The van der Waals surface area contributed by atoms with E-state index < -0.39 is 0 Å². The van der Waals surface area contributed by atoms with Gasteiger partial charge in [-0.2, -0.15) is 0 Å². The van der Waals surface area contributed by atoms with Crippen molar-refractivity contribution in [2.75, 3.05) is 39.3 Å². The summed E-state index contributed by atoms with van der Waals surface area (Å²) in [5, 5.41) is 3.46. The molecule has 3 rings (SSSR count). The van der Waals surface area contributed by atoms with E-state index in [0.717, 1.165) is 12.5 Å². The monoisotopic (exact) mass is 359 g/mol. The van der Waals surface area contributed by atoms with Crippen molar-refractivity contribution in [3.8, 4) is 0 Å². The van der Waals surface area contributed by atoms with Crippen LogP contribution >= 0.6 is 24.8 Å². The molecule has 3 nitrogen and oxygen atoms in total. The van der Waals surface area contributed by atoms with Gasteiger partial charge in [0.15, 0.2) is 0 Å². The van der Waals surface area contributed by atoms with Crippen LogP contribution in [-0.4, -0.2) is 44.2 Å². The summed E-state index contributed by atoms with van der Waals surface area (Å²) < 4.78 is 0. The first-order valence-electron chi connectivity index (χ1n) is 8.55. The lowest BCUT2D eigenvalue weighted by atomic mass is 9.89. The number of nitrogens with two attached hydrogens (primary N) is 1. The van der Waals surface area contributed by atoms with Gasteiger partial charge >= 0.3 is 0 Å². The Morgan fingerprint density at radius 3 is 2.39 bits per heavy atom. The summed E-state index contributed by atoms with van der Waals surface area (Å²) in [6.45, 7) is 6.86. The number of hydrogen-bond donors (Lipinski definition) is 2. The molecule has 0 bridgehead atoms. The zero-order valence-corrected chi connectivity index (χ0v) is 15.5. The summed E-state index contributed by atoms with van der Waals surface area (Å²) >= 11 is 0. The molecule has 0 unspecified atom stereocenters. The smallest absolute Gasteiger partial charge is 0.00540 e. The molecule has 1 aromatic rings. The lowest BCUT2D eigenvalue weighted by molar-refractivity contribution is 0.265. The van der Waals surface area contributed by atoms with Gasteiger partial charge in [0, 0.05) is 19.0 Å². The minimum atomic E-state index is 0. The van der Waals surface area contributed by atoms with Crippen LogP contribution in [0.15, 0.2) is 30.3 Å². The molecule has 23 heavy (non-hydrogen) atoms. The third kappa shape index (κ3) is 5.61. The van der Waals surface area contributed by atoms with Crippen molar-refractivity contribution in [1.82, 2.24) is 10.2 Å². The maximum atomic E-state index is 6.03. The van der Waals surface area contributed by atoms with Crippen molar-refractivity contribution in [3.63, 3.8) is 0 Å². The van der Waals surface area contributed by atoms with E-state index in [-0.39, 0.29) is 24.8 Å². The molecule has 2 atom stereocenters. The van der Waals surface area contributed by atoms with Crippen LogP contribution in [0, 0.1) is 11.8 Å². The summed E-state index contributed by atoms with van der Waals surface area (Å²) in [5.41, 5.74) is 7.50. The molecule has 1 aromatic carbocycles. The Kier molecular flexibility index (Phi) is 9.48. The van der Waals surface area contributed by atoms with Crippen molar-refractivity contribution in [1.29, 1.82) is 0 Å². The minimum absolute atomic E-state index is 0. The van der Waals surface area contributed by atoms with Gasteiger partial charge in [0.05, 0.1) is 0 Å². The first-order chi connectivity index (χ1) is 10.4. The highest BCUT2D eigenvalue weighted by molar-refractivity contribution is 5.85. The van der Waals surface area contributed by atoms with Gasteiger partial charge in [0.2, 0.25) is 0 Å². The number of rotatable bonds is 5. The average Bonchev–Trinajstić information content (AvgIpc) is 2.98. The fourth-order valence-corrected chi connectivity index (χ4v) is 4.00. The quantitative estimate of drug-likeness (QED) is 0.848. The van der Waals surface area contributed by atoms with Crippen molar-refractivity contribution in [2.45, 2.75) is 25.2 Å². The van der Waals surface area contributed by atoms with E-state index in [2.05, 4.69) is 40.5 Å². The predicted molar refractivity (Wildman–Crippen MR) is 103 cm³/mol. The van der Waals surface area contributed by atoms with Crippen LogP contribution in [0.1, 0.15) is 30.7 Å². The maximum absolute atomic E-state index is 6.03. The highest BCUT2D eigenvalue weighted by Crippen LogP contribution is 2.32. The van der Waals surface area contributed by atoms with E-state index in [0.29, 0.717) is 11.8 Å². The number of likely N-dealkylation sites (tertiary alicyclic amines) is 1. The second-order valence-corrected chi connectivity index (χ2v) is 6.75. The number of piperidine rings is 1. The molecule has 2 heterocycles. The SMILES string of the molecule is Cl.Cl.NC[C@@H]1CN(CCC2CCNCC2)C[C@H]1c1ccccc1. The Bertz CT molecular complexity index is 424. The molecule has 0 spiro atoms. The molecule has 5 heteroatoms. The van der Waals surface area contributed by atoms with Crippen LogP contribution in [0.5, 0.6) is 0 Å². The first kappa shape index (κ1) is 20.7. The van der Waals surface area contributed by atoms with Gasteiger partial charge in [-0.3, -0.25) is 0 Å². The Morgan fingerprint density at radius 2 is 1.74 bits per heavy atom. The number of nitrogens with one attached hydrogen (secondary N) is 1. The Labute approximate surface area is 153 Å². The van der Waals surface area contributed by atoms with Crippen LogP contribution in [0.3, 0.4) is 0 Å². The molecule has 0 saturated carbocycles. The molecule has 2 fully saturated rings. The molecule has 132 valence electrons. The van der Waals surface area contributed by atoms with Gasteiger partial charge in [-0.15, -0.1) is 24.8 Å². The fraction of sp³-hybridized carbons (Fsp3) is 0.667. The number of hydrogen-bond acceptors (Lipinski definition) is 3. The molecule has 2 aliphatic heterocycles. The number of benzene rings is 1. The predicted octanol–water partition coefficient (Wildman–Crippen LogP) is 2.89. The van der Waals surface area contributed by atoms with Crippen LogP contribution < -0.4 is 11.1 Å². The summed E-state index contributed by atoms with van der Waals surface area (Å²) in [4.78, 5) is 2.65. The second-order valence-electron chi connectivity index (χ2n) is 6.75. The molecular formula is C18H31Cl2N3. The average molecular weight is 360 g/mol. The van der Waals surface area contributed by atoms with Crippen molar-refractivity contribution in [3.05, 3.63) is 35.9 Å². The second kappa shape index (κ2) is 10.5. The molecule has 0 amide bonds. The highest BCUT2D eigenvalue weighted by Gasteiger charge is 2.32. The highest BCUT2D eigenvalue weighted by atomic mass is 35.5. The third-order valence-electron chi connectivity index (χ3n) is 5.36. The van der Waals surface area contributed by atoms with Crippen LogP contribution in [0.2, 0.25) is 0 Å². The number of nitrogens with zero attached hydrogens (tertiary/aromatic N) is 1. The molecule has 2 saturated heterocycles. The van der Waals surface area contributed by atoms with E-state index in [4.69, 9.17) is 5.73 Å². The van der Waals surface area contributed by atoms with Gasteiger partial charge in [0.25, 0.3) is 0 Å². The molecule has 3 N–H and O–H groups in total. The van der Waals surface area contributed by atoms with Crippen molar-refractivity contribution in [2.24, 2.45) is 17.6 Å². The van der Waals surface area contributed by atoms with Crippen molar-refractivity contribution >= 4 is 24.8 Å². The number of halogens is 2. The summed E-state index contributed by atoms with van der Waals surface area (Å²) in [6, 6.07) is 10.9. The van der Waals surface area contributed by atoms with Gasteiger partial charge in [0.1, 0.15) is 0 Å². The minimum Gasteiger partial charge on any atom is -0.330 e. The van der Waals surface area contributed by atoms with Crippen LogP contribution in [-0.2, 0) is 0 Å². The molecular weight excluding hydrogens is 329 g/mol. The maximum Gasteiger partial charge on any atom is 0.00540 e. The van der Waals surface area contributed by atoms with E-state index >= 15 is 0 Å². The molecule has 0 radical (unpaired) electrons. The van der Waals surface area contributed by atoms with E-state index in [1.807, 2.05) is 0 Å². The Balaban J connectivity index is 0.00000132. The molecule has 2 aliphatic rings. The largest absolute Gasteiger partial charge is 0.330 e. The van der Waals surface area contributed by atoms with Gasteiger partial charge in [-0.1, -0.05) is 30.3 Å². The lowest BCUT2D eigenvalue weighted by Crippen LogP contribution is -2.31. The van der Waals surface area contributed by atoms with E-state index in [1.54, 1.807) is 0 Å². The third-order valence-corrected chi connectivity index (χ3v) is 5.36. The van der Waals surface area contributed by atoms with Gasteiger partial charge in [-0.25, -0.2) is 0 Å². The van der Waals surface area contributed by atoms with E-state index in [1.165, 1.54) is 57.5 Å². The van der Waals surface area contributed by atoms with Crippen LogP contribution in [0.25, 0.3) is 0 Å². The normalized spacial score (nSPS) is 25.6. The zero-order valence-electron chi connectivity index (χ0n) is 13.8. The molecule has 0 aromatic heterocycles. The summed E-state index contributed by atoms with van der Waals surface area (Å²) in [6.07, 6.45) is 4.08. The molecule has 0 aliphatic carbocycles. The Hall–Kier alpha value is -0.320. The van der Waals surface area contributed by atoms with Gasteiger partial charge in [-0.05, 0) is 62.8 Å². The summed E-state index contributed by atoms with van der Waals surface area (Å²) in [5.74, 6) is 2.18. The van der Waals surface area contributed by atoms with Crippen molar-refractivity contribution < 1.29 is 0 Å². The summed E-state index contributed by atoms with van der Waals surface area (Å²) in [7, 11) is 0. The lowest BCUT2D eigenvalue weighted by Gasteiger charge is -2.25. The van der Waals surface area contributed by atoms with Gasteiger partial charge < -0.3 is 16.0 Å². The topological polar surface area (TPSA) is 41.3 Å². The Morgan fingerprint density at radius 1 is 1.04 bits per heavy atom. The standard InChI is InChI=1S/C18H29N3.2ClH/c19-12-17-13-21(11-8-15-6-9-20-10-7-15)14-18(17)16-4-2-1-3-5-16;;/h1-5,15,17-18,20H,6-14,19H2;2*1H/t17-,18+;;/m1../s1.